The lowest BCUT2D eigenvalue weighted by molar-refractivity contribution is -0.118. The Morgan fingerprint density at radius 1 is 1.10 bits per heavy atom. The maximum atomic E-state index is 11.8. The Balaban J connectivity index is 1.99. The summed E-state index contributed by atoms with van der Waals surface area (Å²) in [6.07, 6.45) is 0. The number of benzene rings is 2. The van der Waals surface area contributed by atoms with Crippen LogP contribution in [-0.4, -0.2) is 23.6 Å². The Labute approximate surface area is 122 Å². The normalized spacial score (nSPS) is 9.95. The molecule has 2 aromatic rings. The van der Waals surface area contributed by atoms with E-state index in [0.717, 1.165) is 5.56 Å². The van der Waals surface area contributed by atoms with Crippen LogP contribution in [-0.2, 0) is 4.79 Å². The van der Waals surface area contributed by atoms with Crippen molar-refractivity contribution in [3.05, 3.63) is 59.7 Å². The zero-order valence-electron chi connectivity index (χ0n) is 11.5. The van der Waals surface area contributed by atoms with E-state index in [2.05, 4.69) is 5.32 Å². The third-order valence-electron chi connectivity index (χ3n) is 2.90. The lowest BCUT2D eigenvalue weighted by atomic mass is 10.2. The number of nitrogens with one attached hydrogen (secondary N) is 1. The van der Waals surface area contributed by atoms with Crippen molar-refractivity contribution < 1.29 is 19.4 Å². The highest BCUT2D eigenvalue weighted by Gasteiger charge is 2.12. The molecule has 0 atom stereocenters. The van der Waals surface area contributed by atoms with E-state index in [-0.39, 0.29) is 23.8 Å². The molecule has 0 unspecified atom stereocenters. The van der Waals surface area contributed by atoms with Gasteiger partial charge in [-0.25, -0.2) is 4.79 Å². The van der Waals surface area contributed by atoms with Gasteiger partial charge in [-0.15, -0.1) is 0 Å². The van der Waals surface area contributed by atoms with Crippen LogP contribution in [0.5, 0.6) is 5.75 Å². The maximum Gasteiger partial charge on any atom is 0.339 e. The van der Waals surface area contributed by atoms with Gasteiger partial charge in [-0.3, -0.25) is 4.79 Å². The molecule has 0 aliphatic rings. The van der Waals surface area contributed by atoms with Crippen molar-refractivity contribution in [1.82, 2.24) is 0 Å². The van der Waals surface area contributed by atoms with E-state index < -0.39 is 5.97 Å². The van der Waals surface area contributed by atoms with Gasteiger partial charge in [0.2, 0.25) is 0 Å². The topological polar surface area (TPSA) is 75.6 Å². The number of rotatable bonds is 5. The summed E-state index contributed by atoms with van der Waals surface area (Å²) in [7, 11) is 0. The first-order valence-electron chi connectivity index (χ1n) is 6.38. The summed E-state index contributed by atoms with van der Waals surface area (Å²) in [5.41, 5.74) is 1.68. The molecule has 0 saturated heterocycles. The Bertz CT molecular complexity index is 667. The van der Waals surface area contributed by atoms with Crippen LogP contribution in [0.4, 0.5) is 5.69 Å². The summed E-state index contributed by atoms with van der Waals surface area (Å²) in [4.78, 5) is 22.9. The van der Waals surface area contributed by atoms with E-state index in [1.807, 2.05) is 25.1 Å². The molecule has 5 heteroatoms. The number of hydrogen-bond donors (Lipinski definition) is 2. The first kappa shape index (κ1) is 14.6. The quantitative estimate of drug-likeness (QED) is 0.885. The van der Waals surface area contributed by atoms with Gasteiger partial charge in [0, 0.05) is 5.69 Å². The number of carbonyl (C=O) groups excluding carboxylic acids is 1. The molecule has 0 aliphatic heterocycles. The van der Waals surface area contributed by atoms with Crippen LogP contribution in [0.25, 0.3) is 0 Å². The van der Waals surface area contributed by atoms with Gasteiger partial charge in [-0.1, -0.05) is 30.3 Å². The average molecular weight is 285 g/mol. The number of ether oxygens (including phenoxy) is 1. The molecule has 2 aromatic carbocycles. The highest BCUT2D eigenvalue weighted by molar-refractivity contribution is 5.93. The van der Waals surface area contributed by atoms with Gasteiger partial charge in [0.25, 0.3) is 5.91 Å². The fraction of sp³-hybridized carbons (Fsp3) is 0.125. The standard InChI is InChI=1S/C16H15NO4/c1-11-6-2-4-8-13(11)17-15(18)10-21-14-9-5-3-7-12(14)16(19)20/h2-9H,10H2,1H3,(H,17,18)(H,19,20). The van der Waals surface area contributed by atoms with Gasteiger partial charge < -0.3 is 15.2 Å². The summed E-state index contributed by atoms with van der Waals surface area (Å²) in [5.74, 6) is -1.26. The van der Waals surface area contributed by atoms with Crippen molar-refractivity contribution in [2.24, 2.45) is 0 Å². The van der Waals surface area contributed by atoms with Gasteiger partial charge >= 0.3 is 5.97 Å². The predicted octanol–water partition coefficient (Wildman–Crippen LogP) is 2.71. The number of aromatic carboxylic acids is 1. The van der Waals surface area contributed by atoms with Crippen LogP contribution in [0.1, 0.15) is 15.9 Å². The minimum Gasteiger partial charge on any atom is -0.483 e. The summed E-state index contributed by atoms with van der Waals surface area (Å²) >= 11 is 0. The molecule has 1 amide bonds. The minimum absolute atomic E-state index is 0.0289. The second-order valence-corrected chi connectivity index (χ2v) is 4.45. The number of hydrogen-bond acceptors (Lipinski definition) is 3. The van der Waals surface area contributed by atoms with Crippen molar-refractivity contribution >= 4 is 17.6 Å². The number of carboxylic acid groups (broad SMARTS) is 1. The van der Waals surface area contributed by atoms with Crippen molar-refractivity contribution in [3.63, 3.8) is 0 Å². The summed E-state index contributed by atoms with van der Waals surface area (Å²) in [6.45, 7) is 1.63. The second-order valence-electron chi connectivity index (χ2n) is 4.45. The monoisotopic (exact) mass is 285 g/mol. The number of aryl methyl sites for hydroxylation is 1. The highest BCUT2D eigenvalue weighted by atomic mass is 16.5. The zero-order valence-corrected chi connectivity index (χ0v) is 11.5. The molecule has 0 heterocycles. The van der Waals surface area contributed by atoms with Gasteiger partial charge in [0.15, 0.2) is 6.61 Å². The Morgan fingerprint density at radius 2 is 1.76 bits per heavy atom. The number of para-hydroxylation sites is 2. The molecule has 108 valence electrons. The SMILES string of the molecule is Cc1ccccc1NC(=O)COc1ccccc1C(=O)O. The lowest BCUT2D eigenvalue weighted by Crippen LogP contribution is -2.21. The molecule has 0 aromatic heterocycles. The van der Waals surface area contributed by atoms with Crippen LogP contribution in [0.15, 0.2) is 48.5 Å². The van der Waals surface area contributed by atoms with E-state index in [1.54, 1.807) is 18.2 Å². The van der Waals surface area contributed by atoms with Gasteiger partial charge in [0.1, 0.15) is 11.3 Å². The predicted molar refractivity (Wildman–Crippen MR) is 78.7 cm³/mol. The van der Waals surface area contributed by atoms with Crippen molar-refractivity contribution in [3.8, 4) is 5.75 Å². The van der Waals surface area contributed by atoms with E-state index in [1.165, 1.54) is 12.1 Å². The van der Waals surface area contributed by atoms with Crippen LogP contribution in [0, 0.1) is 6.92 Å². The number of anilines is 1. The average Bonchev–Trinajstić information content (AvgIpc) is 2.48. The van der Waals surface area contributed by atoms with E-state index in [0.29, 0.717) is 5.69 Å². The fourth-order valence-electron chi connectivity index (χ4n) is 1.81. The molecular weight excluding hydrogens is 270 g/mol. The molecule has 2 rings (SSSR count). The molecule has 0 aliphatic carbocycles. The van der Waals surface area contributed by atoms with Crippen LogP contribution in [0.3, 0.4) is 0 Å². The molecule has 0 spiro atoms. The van der Waals surface area contributed by atoms with Crippen molar-refractivity contribution in [1.29, 1.82) is 0 Å². The molecule has 21 heavy (non-hydrogen) atoms. The molecule has 5 nitrogen and oxygen atoms in total. The molecular formula is C16H15NO4. The smallest absolute Gasteiger partial charge is 0.339 e. The van der Waals surface area contributed by atoms with E-state index in [9.17, 15) is 9.59 Å². The Morgan fingerprint density at radius 3 is 2.48 bits per heavy atom. The minimum atomic E-state index is -1.09. The summed E-state index contributed by atoms with van der Waals surface area (Å²) in [6, 6.07) is 13.6. The Hall–Kier alpha value is -2.82. The van der Waals surface area contributed by atoms with Gasteiger partial charge in [-0.2, -0.15) is 0 Å². The van der Waals surface area contributed by atoms with E-state index >= 15 is 0 Å². The third-order valence-corrected chi connectivity index (χ3v) is 2.90. The highest BCUT2D eigenvalue weighted by Crippen LogP contribution is 2.18. The van der Waals surface area contributed by atoms with Crippen LogP contribution < -0.4 is 10.1 Å². The first-order valence-corrected chi connectivity index (χ1v) is 6.38. The van der Waals surface area contributed by atoms with Crippen molar-refractivity contribution in [2.75, 3.05) is 11.9 Å². The van der Waals surface area contributed by atoms with E-state index in [4.69, 9.17) is 9.84 Å². The first-order chi connectivity index (χ1) is 10.1. The maximum absolute atomic E-state index is 11.8. The fourth-order valence-corrected chi connectivity index (χ4v) is 1.81. The van der Waals surface area contributed by atoms with Crippen molar-refractivity contribution in [2.45, 2.75) is 6.92 Å². The van der Waals surface area contributed by atoms with Gasteiger partial charge in [0.05, 0.1) is 0 Å². The number of carboxylic acids is 1. The number of carbonyl (C=O) groups is 2. The lowest BCUT2D eigenvalue weighted by Gasteiger charge is -2.10. The molecule has 0 fully saturated rings. The van der Waals surface area contributed by atoms with Crippen LogP contribution in [0.2, 0.25) is 0 Å². The second kappa shape index (κ2) is 6.56. The molecule has 2 N–H and O–H groups in total. The summed E-state index contributed by atoms with van der Waals surface area (Å²) < 4.78 is 5.28. The molecule has 0 bridgehead atoms. The Kier molecular flexibility index (Phi) is 4.56. The van der Waals surface area contributed by atoms with Gasteiger partial charge in [-0.05, 0) is 30.7 Å². The molecule has 0 radical (unpaired) electrons. The largest absolute Gasteiger partial charge is 0.483 e. The summed E-state index contributed by atoms with van der Waals surface area (Å²) in [5, 5.41) is 11.7. The molecule has 0 saturated carbocycles. The zero-order chi connectivity index (χ0) is 15.2. The van der Waals surface area contributed by atoms with Crippen LogP contribution >= 0.6 is 0 Å². The number of amides is 1. The third kappa shape index (κ3) is 3.82.